The first-order valence-corrected chi connectivity index (χ1v) is 6.40. The predicted molar refractivity (Wildman–Crippen MR) is 73.4 cm³/mol. The van der Waals surface area contributed by atoms with Crippen LogP contribution in [0.5, 0.6) is 0 Å². The fourth-order valence-corrected chi connectivity index (χ4v) is 1.87. The normalized spacial score (nSPS) is 15.8. The molecule has 1 aromatic rings. The summed E-state index contributed by atoms with van der Waals surface area (Å²) >= 11 is 0. The van der Waals surface area contributed by atoms with Gasteiger partial charge < -0.3 is 15.7 Å². The summed E-state index contributed by atoms with van der Waals surface area (Å²) in [6.45, 7) is 6.22. The molecule has 0 fully saturated rings. The molecule has 0 atom stereocenters. The van der Waals surface area contributed by atoms with Gasteiger partial charge in [0, 0.05) is 19.6 Å². The number of nitrogens with one attached hydrogen (secondary N) is 2. The van der Waals surface area contributed by atoms with Gasteiger partial charge in [0.1, 0.15) is 0 Å². The van der Waals surface area contributed by atoms with Crippen molar-refractivity contribution < 1.29 is 5.11 Å². The number of rotatable bonds is 3. The molecule has 0 saturated heterocycles. The monoisotopic (exact) mass is 247 g/mol. The SMILES string of the molecule is CC(C)(O)c1ccc(CNC2=NCCCN2)cc1. The molecule has 0 aliphatic carbocycles. The van der Waals surface area contributed by atoms with Gasteiger partial charge in [0.05, 0.1) is 5.60 Å². The van der Waals surface area contributed by atoms with Crippen LogP contribution in [0, 0.1) is 0 Å². The Kier molecular flexibility index (Phi) is 3.87. The molecular weight excluding hydrogens is 226 g/mol. The van der Waals surface area contributed by atoms with Gasteiger partial charge >= 0.3 is 0 Å². The van der Waals surface area contributed by atoms with Gasteiger partial charge in [-0.05, 0) is 31.4 Å². The fraction of sp³-hybridized carbons (Fsp3) is 0.500. The van der Waals surface area contributed by atoms with E-state index in [1.165, 1.54) is 5.56 Å². The second-order valence-electron chi connectivity index (χ2n) is 5.12. The number of guanidine groups is 1. The Morgan fingerprint density at radius 1 is 1.33 bits per heavy atom. The highest BCUT2D eigenvalue weighted by atomic mass is 16.3. The summed E-state index contributed by atoms with van der Waals surface area (Å²) in [5.74, 6) is 0.882. The molecule has 0 bridgehead atoms. The second kappa shape index (κ2) is 5.40. The Labute approximate surface area is 108 Å². The van der Waals surface area contributed by atoms with Crippen molar-refractivity contribution in [3.63, 3.8) is 0 Å². The van der Waals surface area contributed by atoms with Crippen molar-refractivity contribution in [2.24, 2.45) is 4.99 Å². The molecule has 0 amide bonds. The van der Waals surface area contributed by atoms with Crippen LogP contribution in [0.15, 0.2) is 29.3 Å². The summed E-state index contributed by atoms with van der Waals surface area (Å²) in [5, 5.41) is 16.4. The zero-order valence-corrected chi connectivity index (χ0v) is 11.0. The predicted octanol–water partition coefficient (Wildman–Crippen LogP) is 1.35. The lowest BCUT2D eigenvalue weighted by atomic mass is 9.97. The Balaban J connectivity index is 1.92. The van der Waals surface area contributed by atoms with Crippen molar-refractivity contribution in [3.05, 3.63) is 35.4 Å². The van der Waals surface area contributed by atoms with Crippen molar-refractivity contribution in [1.29, 1.82) is 0 Å². The highest BCUT2D eigenvalue weighted by Gasteiger charge is 2.15. The molecule has 0 saturated carbocycles. The van der Waals surface area contributed by atoms with E-state index >= 15 is 0 Å². The first kappa shape index (κ1) is 12.9. The van der Waals surface area contributed by atoms with E-state index in [-0.39, 0.29) is 0 Å². The first-order chi connectivity index (χ1) is 8.55. The van der Waals surface area contributed by atoms with Crippen molar-refractivity contribution in [2.45, 2.75) is 32.4 Å². The van der Waals surface area contributed by atoms with Crippen molar-refractivity contribution in [3.8, 4) is 0 Å². The average molecular weight is 247 g/mol. The third-order valence-electron chi connectivity index (χ3n) is 3.02. The quantitative estimate of drug-likeness (QED) is 0.756. The Hall–Kier alpha value is -1.55. The highest BCUT2D eigenvalue weighted by Crippen LogP contribution is 2.19. The van der Waals surface area contributed by atoms with Crippen molar-refractivity contribution >= 4 is 5.96 Å². The Morgan fingerprint density at radius 3 is 2.61 bits per heavy atom. The summed E-state index contributed by atoms with van der Waals surface area (Å²) in [6.07, 6.45) is 1.10. The zero-order valence-electron chi connectivity index (χ0n) is 11.0. The molecule has 98 valence electrons. The van der Waals surface area contributed by atoms with Crippen LogP contribution in [0.1, 0.15) is 31.4 Å². The number of benzene rings is 1. The van der Waals surface area contributed by atoms with Gasteiger partial charge in [0.2, 0.25) is 0 Å². The topological polar surface area (TPSA) is 56.6 Å². The lowest BCUT2D eigenvalue weighted by Gasteiger charge is -2.19. The molecule has 18 heavy (non-hydrogen) atoms. The van der Waals surface area contributed by atoms with Gasteiger partial charge in [-0.3, -0.25) is 4.99 Å². The molecule has 0 radical (unpaired) electrons. The molecule has 1 heterocycles. The van der Waals surface area contributed by atoms with Crippen LogP contribution in [0.2, 0.25) is 0 Å². The first-order valence-electron chi connectivity index (χ1n) is 6.40. The molecule has 4 nitrogen and oxygen atoms in total. The van der Waals surface area contributed by atoms with E-state index in [1.54, 1.807) is 13.8 Å². The molecule has 0 unspecified atom stereocenters. The van der Waals surface area contributed by atoms with Gasteiger partial charge in [-0.2, -0.15) is 0 Å². The smallest absolute Gasteiger partial charge is 0.191 e. The maximum atomic E-state index is 9.87. The summed E-state index contributed by atoms with van der Waals surface area (Å²) in [6, 6.07) is 7.99. The third-order valence-corrected chi connectivity index (χ3v) is 3.02. The van der Waals surface area contributed by atoms with Gasteiger partial charge in [-0.15, -0.1) is 0 Å². The van der Waals surface area contributed by atoms with Crippen LogP contribution in [0.4, 0.5) is 0 Å². The van der Waals surface area contributed by atoms with Crippen LogP contribution >= 0.6 is 0 Å². The van der Waals surface area contributed by atoms with Crippen LogP contribution in [-0.2, 0) is 12.1 Å². The van der Waals surface area contributed by atoms with Crippen molar-refractivity contribution in [2.75, 3.05) is 13.1 Å². The van der Waals surface area contributed by atoms with E-state index in [1.807, 2.05) is 24.3 Å². The zero-order chi connectivity index (χ0) is 13.0. The third kappa shape index (κ3) is 3.47. The van der Waals surface area contributed by atoms with Gasteiger partial charge in [-0.25, -0.2) is 0 Å². The van der Waals surface area contributed by atoms with Crippen LogP contribution in [0.3, 0.4) is 0 Å². The fourth-order valence-electron chi connectivity index (χ4n) is 1.87. The van der Waals surface area contributed by atoms with E-state index in [0.717, 1.165) is 37.6 Å². The largest absolute Gasteiger partial charge is 0.386 e. The lowest BCUT2D eigenvalue weighted by molar-refractivity contribution is 0.0786. The minimum atomic E-state index is -0.777. The molecule has 0 aromatic heterocycles. The van der Waals surface area contributed by atoms with Gasteiger partial charge in [0.15, 0.2) is 5.96 Å². The molecule has 0 spiro atoms. The molecule has 4 heteroatoms. The van der Waals surface area contributed by atoms with Crippen molar-refractivity contribution in [1.82, 2.24) is 10.6 Å². The number of aliphatic imine (C=N–C) groups is 1. The Bertz CT molecular complexity index is 418. The molecule has 1 aliphatic rings. The summed E-state index contributed by atoms with van der Waals surface area (Å²) in [7, 11) is 0. The number of nitrogens with zero attached hydrogens (tertiary/aromatic N) is 1. The molecule has 2 rings (SSSR count). The van der Waals surface area contributed by atoms with Crippen LogP contribution in [0.25, 0.3) is 0 Å². The number of hydrogen-bond donors (Lipinski definition) is 3. The molecule has 1 aromatic carbocycles. The standard InChI is InChI=1S/C14H21N3O/c1-14(2,18)12-6-4-11(5-7-12)10-17-13-15-8-3-9-16-13/h4-7,18H,3,8-10H2,1-2H3,(H2,15,16,17). The van der Waals surface area contributed by atoms with E-state index < -0.39 is 5.60 Å². The summed E-state index contributed by atoms with van der Waals surface area (Å²) in [5.41, 5.74) is 1.33. The molecular formula is C14H21N3O. The second-order valence-corrected chi connectivity index (χ2v) is 5.12. The summed E-state index contributed by atoms with van der Waals surface area (Å²) in [4.78, 5) is 4.36. The molecule has 3 N–H and O–H groups in total. The number of hydrogen-bond acceptors (Lipinski definition) is 4. The maximum Gasteiger partial charge on any atom is 0.191 e. The average Bonchev–Trinajstić information content (AvgIpc) is 2.37. The molecule has 1 aliphatic heterocycles. The maximum absolute atomic E-state index is 9.87. The Morgan fingerprint density at radius 2 is 2.06 bits per heavy atom. The van der Waals surface area contributed by atoms with E-state index in [2.05, 4.69) is 15.6 Å². The number of aliphatic hydroxyl groups is 1. The highest BCUT2D eigenvalue weighted by molar-refractivity contribution is 5.80. The van der Waals surface area contributed by atoms with E-state index in [9.17, 15) is 5.11 Å². The van der Waals surface area contributed by atoms with E-state index in [0.29, 0.717) is 0 Å². The van der Waals surface area contributed by atoms with Crippen LogP contribution < -0.4 is 10.6 Å². The lowest BCUT2D eigenvalue weighted by Crippen LogP contribution is -2.40. The minimum absolute atomic E-state index is 0.748. The van der Waals surface area contributed by atoms with Gasteiger partial charge in [0.25, 0.3) is 0 Å². The van der Waals surface area contributed by atoms with Gasteiger partial charge in [-0.1, -0.05) is 24.3 Å². The minimum Gasteiger partial charge on any atom is -0.386 e. The van der Waals surface area contributed by atoms with E-state index in [4.69, 9.17) is 0 Å². The summed E-state index contributed by atoms with van der Waals surface area (Å²) < 4.78 is 0. The van der Waals surface area contributed by atoms with Crippen LogP contribution in [-0.4, -0.2) is 24.2 Å².